The first-order valence-electron chi connectivity index (χ1n) is 4.36. The predicted octanol–water partition coefficient (Wildman–Crippen LogP) is 1.79. The molecular weight excluding hydrogens is 184 g/mol. The highest BCUT2D eigenvalue weighted by Crippen LogP contribution is 2.00. The fraction of sp³-hybridized carbons (Fsp3) is 0.667. The molecule has 0 N–H and O–H groups in total. The zero-order valence-electron chi connectivity index (χ0n) is 8.21. The average molecular weight is 200 g/mol. The van der Waals surface area contributed by atoms with Crippen molar-refractivity contribution in [2.24, 2.45) is 5.92 Å². The molecular formula is C9H16O3Si. The number of hydrogen-bond acceptors (Lipinski definition) is 3. The largest absolute Gasteiger partial charge is 0.465 e. The molecule has 3 nitrogen and oxygen atoms in total. The monoisotopic (exact) mass is 200 g/mol. The lowest BCUT2D eigenvalue weighted by atomic mass is 10.2. The van der Waals surface area contributed by atoms with Crippen molar-refractivity contribution in [2.45, 2.75) is 25.9 Å². The van der Waals surface area contributed by atoms with Gasteiger partial charge in [0.15, 0.2) is 0 Å². The maximum atomic E-state index is 11.1. The van der Waals surface area contributed by atoms with E-state index in [1.807, 2.05) is 0 Å². The number of esters is 1. The summed E-state index contributed by atoms with van der Waals surface area (Å²) in [6.07, 6.45) is 2.23. The average Bonchev–Trinajstić information content (AvgIpc) is 2.10. The van der Waals surface area contributed by atoms with Crippen molar-refractivity contribution in [3.8, 4) is 0 Å². The quantitative estimate of drug-likeness (QED) is 0.284. The van der Waals surface area contributed by atoms with Crippen LogP contribution in [0.2, 0.25) is 12.6 Å². The van der Waals surface area contributed by atoms with Crippen LogP contribution in [0.1, 0.15) is 13.3 Å². The second kappa shape index (κ2) is 6.71. The van der Waals surface area contributed by atoms with Gasteiger partial charge < -0.3 is 9.20 Å². The highest BCUT2D eigenvalue weighted by atomic mass is 28.3. The second-order valence-corrected chi connectivity index (χ2v) is 4.90. The van der Waals surface area contributed by atoms with Crippen LogP contribution in [0.5, 0.6) is 0 Å². The Kier molecular flexibility index (Phi) is 6.31. The maximum absolute atomic E-state index is 11.1. The smallest absolute Gasteiger partial charge is 0.312 e. The lowest BCUT2D eigenvalue weighted by molar-refractivity contribution is -0.146. The minimum Gasteiger partial charge on any atom is -0.465 e. The Labute approximate surface area is 80.4 Å². The molecule has 0 bridgehead atoms. The normalized spacial score (nSPS) is 11.8. The molecule has 0 rings (SSSR count). The molecule has 0 aromatic heterocycles. The Hall–Kier alpha value is -0.773. The van der Waals surface area contributed by atoms with E-state index < -0.39 is 8.68 Å². The fourth-order valence-electron chi connectivity index (χ4n) is 0.722. The fourth-order valence-corrected chi connectivity index (χ4v) is 1.36. The summed E-state index contributed by atoms with van der Waals surface area (Å²) < 4.78 is 15.6. The van der Waals surface area contributed by atoms with Gasteiger partial charge in [-0.05, 0) is 25.9 Å². The van der Waals surface area contributed by atoms with Gasteiger partial charge in [-0.2, -0.15) is 0 Å². The van der Waals surface area contributed by atoms with Crippen LogP contribution >= 0.6 is 0 Å². The molecule has 0 aromatic carbocycles. The first-order valence-corrected chi connectivity index (χ1v) is 6.48. The SMILES string of the molecule is C=CC(C)C(=O)OCCC[Si](C)=O. The Bertz CT molecular complexity index is 201. The molecule has 0 fully saturated rings. The molecule has 0 aromatic rings. The standard InChI is InChI=1S/C9H16O3Si/c1-4-8(2)9(10)12-6-5-7-13(3)11/h4,8H,1,5-7H2,2-3H3. The van der Waals surface area contributed by atoms with E-state index in [2.05, 4.69) is 6.58 Å². The van der Waals surface area contributed by atoms with Crippen molar-refractivity contribution < 1.29 is 14.0 Å². The Morgan fingerprint density at radius 2 is 2.31 bits per heavy atom. The Morgan fingerprint density at radius 3 is 2.77 bits per heavy atom. The predicted molar refractivity (Wildman–Crippen MR) is 52.0 cm³/mol. The molecule has 0 heterocycles. The summed E-state index contributed by atoms with van der Waals surface area (Å²) >= 11 is 0. The van der Waals surface area contributed by atoms with Crippen molar-refractivity contribution in [3.63, 3.8) is 0 Å². The number of rotatable bonds is 6. The topological polar surface area (TPSA) is 43.4 Å². The van der Waals surface area contributed by atoms with Gasteiger partial charge in [0.25, 0.3) is 8.68 Å². The molecule has 4 heteroatoms. The van der Waals surface area contributed by atoms with Gasteiger partial charge in [-0.25, -0.2) is 0 Å². The summed E-state index contributed by atoms with van der Waals surface area (Å²) in [5.41, 5.74) is 0. The zero-order chi connectivity index (χ0) is 10.3. The summed E-state index contributed by atoms with van der Waals surface area (Å²) in [5, 5.41) is 0. The van der Waals surface area contributed by atoms with Crippen LogP contribution in [0.15, 0.2) is 12.7 Å². The molecule has 74 valence electrons. The lowest BCUT2D eigenvalue weighted by Crippen LogP contribution is -2.13. The minimum atomic E-state index is -1.42. The van der Waals surface area contributed by atoms with Crippen molar-refractivity contribution in [3.05, 3.63) is 12.7 Å². The summed E-state index contributed by atoms with van der Waals surface area (Å²) in [5.74, 6) is -0.510. The summed E-state index contributed by atoms with van der Waals surface area (Å²) in [7, 11) is -1.42. The van der Waals surface area contributed by atoms with Crippen LogP contribution in [-0.4, -0.2) is 21.3 Å². The van der Waals surface area contributed by atoms with Gasteiger partial charge in [-0.3, -0.25) is 4.79 Å². The lowest BCUT2D eigenvalue weighted by Gasteiger charge is -2.06. The molecule has 0 amide bonds. The summed E-state index contributed by atoms with van der Waals surface area (Å²) in [4.78, 5) is 11.1. The van der Waals surface area contributed by atoms with E-state index in [0.717, 1.165) is 0 Å². The summed E-state index contributed by atoms with van der Waals surface area (Å²) in [6.45, 7) is 7.30. The molecule has 1 atom stereocenters. The molecule has 0 saturated carbocycles. The number of ether oxygens (including phenoxy) is 1. The van der Waals surface area contributed by atoms with E-state index in [1.165, 1.54) is 0 Å². The van der Waals surface area contributed by atoms with Gasteiger partial charge in [0.05, 0.1) is 12.5 Å². The van der Waals surface area contributed by atoms with Crippen molar-refractivity contribution in [1.82, 2.24) is 0 Å². The van der Waals surface area contributed by atoms with Crippen LogP contribution in [0.25, 0.3) is 0 Å². The molecule has 0 saturated heterocycles. The van der Waals surface area contributed by atoms with Gasteiger partial charge >= 0.3 is 5.97 Å². The van der Waals surface area contributed by atoms with Gasteiger partial charge in [-0.15, -0.1) is 6.58 Å². The van der Waals surface area contributed by atoms with E-state index in [9.17, 15) is 9.26 Å². The molecule has 0 spiro atoms. The van der Waals surface area contributed by atoms with Crippen LogP contribution in [-0.2, 0) is 14.0 Å². The van der Waals surface area contributed by atoms with Crippen LogP contribution in [0, 0.1) is 5.92 Å². The third kappa shape index (κ3) is 6.39. The molecule has 0 radical (unpaired) electrons. The summed E-state index contributed by atoms with van der Waals surface area (Å²) in [6, 6.07) is 0.653. The zero-order valence-corrected chi connectivity index (χ0v) is 9.21. The van der Waals surface area contributed by atoms with E-state index in [1.54, 1.807) is 19.5 Å². The van der Waals surface area contributed by atoms with Crippen LogP contribution in [0.3, 0.4) is 0 Å². The molecule has 0 aliphatic heterocycles. The van der Waals surface area contributed by atoms with Gasteiger partial charge in [-0.1, -0.05) is 6.08 Å². The van der Waals surface area contributed by atoms with E-state index >= 15 is 0 Å². The van der Waals surface area contributed by atoms with Crippen molar-refractivity contribution >= 4 is 14.7 Å². The van der Waals surface area contributed by atoms with Gasteiger partial charge in [0.1, 0.15) is 0 Å². The number of hydrogen-bond donors (Lipinski definition) is 0. The van der Waals surface area contributed by atoms with E-state index in [4.69, 9.17) is 4.74 Å². The van der Waals surface area contributed by atoms with Crippen LogP contribution < -0.4 is 0 Å². The second-order valence-electron chi connectivity index (χ2n) is 3.00. The highest BCUT2D eigenvalue weighted by Gasteiger charge is 2.09. The van der Waals surface area contributed by atoms with E-state index in [-0.39, 0.29) is 11.9 Å². The first kappa shape index (κ1) is 12.2. The first-order chi connectivity index (χ1) is 6.07. The maximum Gasteiger partial charge on any atom is 0.312 e. The number of carbonyl (C=O) groups excluding carboxylic acids is 1. The molecule has 1 unspecified atom stereocenters. The van der Waals surface area contributed by atoms with Gasteiger partial charge in [0, 0.05) is 0 Å². The molecule has 13 heavy (non-hydrogen) atoms. The highest BCUT2D eigenvalue weighted by molar-refractivity contribution is 6.40. The van der Waals surface area contributed by atoms with Crippen LogP contribution in [0.4, 0.5) is 0 Å². The third-order valence-corrected chi connectivity index (χ3v) is 2.70. The molecule has 0 aliphatic rings. The van der Waals surface area contributed by atoms with Crippen molar-refractivity contribution in [2.75, 3.05) is 6.61 Å². The van der Waals surface area contributed by atoms with Crippen molar-refractivity contribution in [1.29, 1.82) is 0 Å². The molecule has 0 aliphatic carbocycles. The minimum absolute atomic E-state index is 0.251. The van der Waals surface area contributed by atoms with Gasteiger partial charge in [0.2, 0.25) is 0 Å². The van der Waals surface area contributed by atoms with E-state index in [0.29, 0.717) is 19.1 Å². The Morgan fingerprint density at radius 1 is 1.69 bits per heavy atom. The third-order valence-electron chi connectivity index (χ3n) is 1.64. The number of carbonyl (C=O) groups is 1. The Balaban J connectivity index is 3.48.